The highest BCUT2D eigenvalue weighted by molar-refractivity contribution is 5.99. The van der Waals surface area contributed by atoms with Crippen LogP contribution in [0.15, 0.2) is 35.3 Å². The lowest BCUT2D eigenvalue weighted by molar-refractivity contribution is -0.143. The van der Waals surface area contributed by atoms with Gasteiger partial charge in [-0.05, 0) is 25.0 Å². The summed E-state index contributed by atoms with van der Waals surface area (Å²) in [6.45, 7) is -0.242. The highest BCUT2D eigenvalue weighted by atomic mass is 16.2. The first-order valence-electron chi connectivity index (χ1n) is 9.52. The third kappa shape index (κ3) is 3.37. The molecule has 0 spiro atoms. The molecule has 8 heteroatoms. The molecule has 8 nitrogen and oxygen atoms in total. The number of hydrogen-bond donors (Lipinski definition) is 3. The van der Waals surface area contributed by atoms with Gasteiger partial charge in [-0.15, -0.1) is 0 Å². The van der Waals surface area contributed by atoms with Crippen LogP contribution in [0.2, 0.25) is 0 Å². The summed E-state index contributed by atoms with van der Waals surface area (Å²) in [5.41, 5.74) is 0.213. The van der Waals surface area contributed by atoms with Crippen molar-refractivity contribution in [1.29, 1.82) is 0 Å². The van der Waals surface area contributed by atoms with Gasteiger partial charge in [-0.3, -0.25) is 19.2 Å². The maximum atomic E-state index is 12.7. The summed E-state index contributed by atoms with van der Waals surface area (Å²) in [7, 11) is 0. The number of aromatic amines is 1. The van der Waals surface area contributed by atoms with E-state index in [1.54, 1.807) is 29.2 Å². The van der Waals surface area contributed by atoms with Crippen molar-refractivity contribution in [2.24, 2.45) is 0 Å². The molecule has 2 unspecified atom stereocenters. The second-order valence-electron chi connectivity index (χ2n) is 7.31. The Labute approximate surface area is 161 Å². The van der Waals surface area contributed by atoms with Gasteiger partial charge in [-0.25, -0.2) is 0 Å². The van der Waals surface area contributed by atoms with Crippen molar-refractivity contribution in [3.8, 4) is 0 Å². The molecule has 28 heavy (non-hydrogen) atoms. The van der Waals surface area contributed by atoms with Gasteiger partial charge in [0.05, 0.1) is 19.1 Å². The molecule has 1 saturated carbocycles. The van der Waals surface area contributed by atoms with Crippen LogP contribution in [0.1, 0.15) is 36.0 Å². The lowest BCUT2D eigenvalue weighted by Gasteiger charge is -2.43. The molecule has 4 rings (SSSR count). The van der Waals surface area contributed by atoms with E-state index in [0.29, 0.717) is 10.9 Å². The van der Waals surface area contributed by atoms with Crippen LogP contribution in [0.5, 0.6) is 0 Å². The highest BCUT2D eigenvalue weighted by Gasteiger charge is 2.38. The fraction of sp³-hybridized carbons (Fsp3) is 0.400. The number of carbonyl (C=O) groups excluding carboxylic acids is 3. The van der Waals surface area contributed by atoms with E-state index in [9.17, 15) is 19.2 Å². The Hall–Kier alpha value is -3.16. The predicted molar refractivity (Wildman–Crippen MR) is 103 cm³/mol. The number of piperazine rings is 1. The van der Waals surface area contributed by atoms with Crippen molar-refractivity contribution in [2.75, 3.05) is 13.1 Å². The molecule has 2 atom stereocenters. The molecule has 0 bridgehead atoms. The van der Waals surface area contributed by atoms with Gasteiger partial charge < -0.3 is 20.5 Å². The van der Waals surface area contributed by atoms with Crippen LogP contribution in [0.4, 0.5) is 0 Å². The van der Waals surface area contributed by atoms with E-state index in [1.165, 1.54) is 6.20 Å². The van der Waals surface area contributed by atoms with Crippen LogP contribution in [0.3, 0.4) is 0 Å². The molecule has 3 amide bonds. The number of fused-ring (bicyclic) bond motifs is 2. The second-order valence-corrected chi connectivity index (χ2v) is 7.31. The molecule has 0 radical (unpaired) electrons. The van der Waals surface area contributed by atoms with E-state index in [0.717, 1.165) is 25.7 Å². The average Bonchev–Trinajstić information content (AvgIpc) is 2.71. The molecule has 2 heterocycles. The maximum absolute atomic E-state index is 12.7. The summed E-state index contributed by atoms with van der Waals surface area (Å²) in [4.78, 5) is 54.1. The number of carbonyl (C=O) groups is 3. The lowest BCUT2D eigenvalue weighted by atomic mass is 9.87. The molecule has 1 aliphatic heterocycles. The number of pyridine rings is 1. The minimum absolute atomic E-state index is 0.00638. The van der Waals surface area contributed by atoms with Crippen molar-refractivity contribution < 1.29 is 14.4 Å². The SMILES string of the molecule is O=C1CN(C(=O)CNC(=O)c2c[nH]c3ccccc3c2=O)C2CCCCC2N1. The standard InChI is InChI=1S/C20H22N4O4/c25-17-11-24(16-8-4-3-7-15(16)23-17)18(26)10-22-20(28)13-9-21-14-6-2-1-5-12(14)19(13)27/h1-2,5-6,9,15-16H,3-4,7-8,10-11H2,(H,21,27)(H,22,28)(H,23,25). The molecule has 3 N–H and O–H groups in total. The molecule has 1 saturated heterocycles. The smallest absolute Gasteiger partial charge is 0.257 e. The Balaban J connectivity index is 1.46. The number of amides is 3. The van der Waals surface area contributed by atoms with Crippen LogP contribution >= 0.6 is 0 Å². The predicted octanol–water partition coefficient (Wildman–Crippen LogP) is 0.527. The Morgan fingerprint density at radius 1 is 1.14 bits per heavy atom. The van der Waals surface area contributed by atoms with Gasteiger partial charge in [0.15, 0.2) is 0 Å². The number of para-hydroxylation sites is 1. The van der Waals surface area contributed by atoms with E-state index in [2.05, 4.69) is 15.6 Å². The van der Waals surface area contributed by atoms with Crippen molar-refractivity contribution in [2.45, 2.75) is 37.8 Å². The first kappa shape index (κ1) is 18.2. The first-order valence-corrected chi connectivity index (χ1v) is 9.52. The summed E-state index contributed by atoms with van der Waals surface area (Å²) in [5.74, 6) is -1.09. The van der Waals surface area contributed by atoms with Gasteiger partial charge >= 0.3 is 0 Å². The molecule has 1 aromatic heterocycles. The first-order chi connectivity index (χ1) is 13.5. The minimum Gasteiger partial charge on any atom is -0.360 e. The lowest BCUT2D eigenvalue weighted by Crippen LogP contribution is -2.64. The molecule has 1 aromatic carbocycles. The molecular formula is C20H22N4O4. The zero-order chi connectivity index (χ0) is 19.7. The Bertz CT molecular complexity index is 999. The molecule has 1 aliphatic carbocycles. The third-order valence-corrected chi connectivity index (χ3v) is 5.54. The molecule has 2 aliphatic rings. The van der Waals surface area contributed by atoms with Crippen molar-refractivity contribution in [3.05, 3.63) is 46.2 Å². The number of benzene rings is 1. The van der Waals surface area contributed by atoms with Crippen LogP contribution in [-0.2, 0) is 9.59 Å². The molecular weight excluding hydrogens is 360 g/mol. The van der Waals surface area contributed by atoms with Gasteiger partial charge in [0.25, 0.3) is 5.91 Å². The number of aromatic nitrogens is 1. The highest BCUT2D eigenvalue weighted by Crippen LogP contribution is 2.25. The second kappa shape index (κ2) is 7.46. The van der Waals surface area contributed by atoms with Crippen LogP contribution in [0.25, 0.3) is 10.9 Å². The van der Waals surface area contributed by atoms with E-state index in [4.69, 9.17) is 0 Å². The number of nitrogens with one attached hydrogen (secondary N) is 3. The van der Waals surface area contributed by atoms with Crippen molar-refractivity contribution in [3.63, 3.8) is 0 Å². The Morgan fingerprint density at radius 2 is 1.93 bits per heavy atom. The van der Waals surface area contributed by atoms with Gasteiger partial charge in [0.2, 0.25) is 17.2 Å². The van der Waals surface area contributed by atoms with Gasteiger partial charge in [-0.2, -0.15) is 0 Å². The normalized spacial score (nSPS) is 21.7. The van der Waals surface area contributed by atoms with Crippen LogP contribution in [0, 0.1) is 0 Å². The van der Waals surface area contributed by atoms with E-state index >= 15 is 0 Å². The number of rotatable bonds is 3. The summed E-state index contributed by atoms with van der Waals surface area (Å²) in [6, 6.07) is 6.88. The number of nitrogens with zero attached hydrogens (tertiary/aromatic N) is 1. The van der Waals surface area contributed by atoms with Crippen LogP contribution < -0.4 is 16.1 Å². The summed E-state index contributed by atoms with van der Waals surface area (Å²) in [6.07, 6.45) is 5.11. The van der Waals surface area contributed by atoms with Gasteiger partial charge in [0.1, 0.15) is 5.56 Å². The summed E-state index contributed by atoms with van der Waals surface area (Å²) in [5, 5.41) is 5.90. The Morgan fingerprint density at radius 3 is 2.79 bits per heavy atom. The van der Waals surface area contributed by atoms with Crippen molar-refractivity contribution in [1.82, 2.24) is 20.5 Å². The van der Waals surface area contributed by atoms with E-state index < -0.39 is 5.91 Å². The quantitative estimate of drug-likeness (QED) is 0.719. The fourth-order valence-corrected chi connectivity index (χ4v) is 4.14. The zero-order valence-corrected chi connectivity index (χ0v) is 15.4. The zero-order valence-electron chi connectivity index (χ0n) is 15.4. The van der Waals surface area contributed by atoms with Crippen molar-refractivity contribution >= 4 is 28.6 Å². The number of hydrogen-bond acceptors (Lipinski definition) is 4. The monoisotopic (exact) mass is 382 g/mol. The minimum atomic E-state index is -0.609. The Kier molecular flexibility index (Phi) is 4.85. The van der Waals surface area contributed by atoms with E-state index in [-0.39, 0.29) is 48.0 Å². The summed E-state index contributed by atoms with van der Waals surface area (Å²) >= 11 is 0. The summed E-state index contributed by atoms with van der Waals surface area (Å²) < 4.78 is 0. The molecule has 146 valence electrons. The largest absolute Gasteiger partial charge is 0.360 e. The number of H-pyrrole nitrogens is 1. The average molecular weight is 382 g/mol. The molecule has 2 aromatic rings. The molecule has 2 fully saturated rings. The maximum Gasteiger partial charge on any atom is 0.257 e. The third-order valence-electron chi connectivity index (χ3n) is 5.54. The topological polar surface area (TPSA) is 111 Å². The van der Waals surface area contributed by atoms with Gasteiger partial charge in [-0.1, -0.05) is 25.0 Å². The van der Waals surface area contributed by atoms with Crippen LogP contribution in [-0.4, -0.2) is 52.8 Å². The van der Waals surface area contributed by atoms with E-state index in [1.807, 2.05) is 0 Å². The van der Waals surface area contributed by atoms with Gasteiger partial charge in [0, 0.05) is 23.1 Å². The fourth-order valence-electron chi connectivity index (χ4n) is 4.14.